The number of benzene rings is 2. The molecule has 5 nitrogen and oxygen atoms in total. The highest BCUT2D eigenvalue weighted by Gasteiger charge is 2.23. The minimum Gasteiger partial charge on any atom is -0.391 e. The summed E-state index contributed by atoms with van der Waals surface area (Å²) >= 11 is 0. The molecular formula is C18H20N2O3. The molecule has 0 heterocycles. The second kappa shape index (κ2) is 8.22. The summed E-state index contributed by atoms with van der Waals surface area (Å²) in [7, 11) is 0. The van der Waals surface area contributed by atoms with Crippen LogP contribution in [-0.4, -0.2) is 24.0 Å². The third-order valence-corrected chi connectivity index (χ3v) is 3.40. The van der Waals surface area contributed by atoms with Gasteiger partial charge in [-0.25, -0.2) is 9.59 Å². The quantitative estimate of drug-likeness (QED) is 0.617. The van der Waals surface area contributed by atoms with Gasteiger partial charge >= 0.3 is 11.9 Å². The zero-order chi connectivity index (χ0) is 16.7. The predicted octanol–water partition coefficient (Wildman–Crippen LogP) is 1.20. The van der Waals surface area contributed by atoms with E-state index in [1.807, 2.05) is 60.7 Å². The number of esters is 2. The molecule has 0 aliphatic heterocycles. The van der Waals surface area contributed by atoms with Crippen molar-refractivity contribution in [3.05, 3.63) is 71.8 Å². The molecule has 2 atom stereocenters. The van der Waals surface area contributed by atoms with Crippen LogP contribution in [0.3, 0.4) is 0 Å². The van der Waals surface area contributed by atoms with E-state index in [0.29, 0.717) is 12.8 Å². The molecule has 23 heavy (non-hydrogen) atoms. The Morgan fingerprint density at radius 3 is 1.43 bits per heavy atom. The molecule has 0 saturated carbocycles. The fraction of sp³-hybridized carbons (Fsp3) is 0.222. The highest BCUT2D eigenvalue weighted by atomic mass is 16.6. The van der Waals surface area contributed by atoms with Gasteiger partial charge in [-0.15, -0.1) is 0 Å². The van der Waals surface area contributed by atoms with Crippen LogP contribution < -0.4 is 11.5 Å². The van der Waals surface area contributed by atoms with Gasteiger partial charge in [0.2, 0.25) is 0 Å². The normalized spacial score (nSPS) is 13.1. The van der Waals surface area contributed by atoms with Crippen LogP contribution in [0.2, 0.25) is 0 Å². The van der Waals surface area contributed by atoms with Gasteiger partial charge in [0, 0.05) is 0 Å². The number of nitrogens with two attached hydrogens (primary N) is 2. The lowest BCUT2D eigenvalue weighted by atomic mass is 10.1. The molecule has 0 fully saturated rings. The van der Waals surface area contributed by atoms with Crippen LogP contribution in [0.5, 0.6) is 0 Å². The Balaban J connectivity index is 1.85. The molecule has 0 unspecified atom stereocenters. The first-order valence-electron chi connectivity index (χ1n) is 7.41. The van der Waals surface area contributed by atoms with E-state index in [1.165, 1.54) is 0 Å². The summed E-state index contributed by atoms with van der Waals surface area (Å²) in [4.78, 5) is 23.8. The van der Waals surface area contributed by atoms with Crippen LogP contribution in [0.1, 0.15) is 11.1 Å². The first-order valence-corrected chi connectivity index (χ1v) is 7.41. The van der Waals surface area contributed by atoms with E-state index in [4.69, 9.17) is 16.2 Å². The highest BCUT2D eigenvalue weighted by molar-refractivity contribution is 5.90. The van der Waals surface area contributed by atoms with Crippen molar-refractivity contribution < 1.29 is 14.3 Å². The lowest BCUT2D eigenvalue weighted by Gasteiger charge is -2.13. The Bertz CT molecular complexity index is 586. The van der Waals surface area contributed by atoms with E-state index >= 15 is 0 Å². The molecule has 0 radical (unpaired) electrons. The number of carbonyl (C=O) groups excluding carboxylic acids is 2. The standard InChI is InChI=1S/C18H20N2O3/c19-15(11-13-7-3-1-4-8-13)17(21)23-18(22)16(20)12-14-9-5-2-6-10-14/h1-10,15-16H,11-12,19-20H2/t15-,16-/m1/s1. The van der Waals surface area contributed by atoms with Crippen molar-refractivity contribution in [2.24, 2.45) is 11.5 Å². The highest BCUT2D eigenvalue weighted by Crippen LogP contribution is 2.06. The Hall–Kier alpha value is -2.50. The Morgan fingerprint density at radius 2 is 1.09 bits per heavy atom. The summed E-state index contributed by atoms with van der Waals surface area (Å²) < 4.78 is 4.79. The second-order valence-corrected chi connectivity index (χ2v) is 5.33. The number of ether oxygens (including phenoxy) is 1. The maximum atomic E-state index is 11.9. The maximum absolute atomic E-state index is 11.9. The molecule has 0 aliphatic rings. The number of carbonyl (C=O) groups is 2. The molecule has 0 aliphatic carbocycles. The summed E-state index contributed by atoms with van der Waals surface area (Å²) in [5, 5.41) is 0. The van der Waals surface area contributed by atoms with Crippen molar-refractivity contribution in [1.82, 2.24) is 0 Å². The van der Waals surface area contributed by atoms with E-state index in [-0.39, 0.29) is 0 Å². The summed E-state index contributed by atoms with van der Waals surface area (Å²) in [5.41, 5.74) is 13.4. The SMILES string of the molecule is N[C@H](Cc1ccccc1)C(=O)OC(=O)[C@H](N)Cc1ccccc1. The summed E-state index contributed by atoms with van der Waals surface area (Å²) in [6.45, 7) is 0. The second-order valence-electron chi connectivity index (χ2n) is 5.33. The third-order valence-electron chi connectivity index (χ3n) is 3.40. The predicted molar refractivity (Wildman–Crippen MR) is 87.3 cm³/mol. The maximum Gasteiger partial charge on any atom is 0.330 e. The first kappa shape index (κ1) is 16.9. The summed E-state index contributed by atoms with van der Waals surface area (Å²) in [6, 6.07) is 16.8. The molecule has 0 bridgehead atoms. The van der Waals surface area contributed by atoms with Gasteiger partial charge in [-0.2, -0.15) is 0 Å². The number of hydrogen-bond donors (Lipinski definition) is 2. The van der Waals surface area contributed by atoms with E-state index < -0.39 is 24.0 Å². The zero-order valence-corrected chi connectivity index (χ0v) is 12.7. The number of rotatable bonds is 6. The minimum absolute atomic E-state index is 0.306. The summed E-state index contributed by atoms with van der Waals surface area (Å²) in [5.74, 6) is -1.52. The van der Waals surface area contributed by atoms with Crippen molar-refractivity contribution >= 4 is 11.9 Å². The van der Waals surface area contributed by atoms with E-state index in [9.17, 15) is 9.59 Å². The van der Waals surface area contributed by atoms with Crippen LogP contribution in [-0.2, 0) is 27.2 Å². The van der Waals surface area contributed by atoms with Crippen LogP contribution >= 0.6 is 0 Å². The molecule has 2 rings (SSSR count). The largest absolute Gasteiger partial charge is 0.391 e. The van der Waals surface area contributed by atoms with Crippen molar-refractivity contribution in [2.45, 2.75) is 24.9 Å². The number of hydrogen-bond acceptors (Lipinski definition) is 5. The molecule has 5 heteroatoms. The van der Waals surface area contributed by atoms with Crippen molar-refractivity contribution in [3.8, 4) is 0 Å². The van der Waals surface area contributed by atoms with Crippen LogP contribution in [0.4, 0.5) is 0 Å². The Labute approximate surface area is 135 Å². The molecule has 120 valence electrons. The summed E-state index contributed by atoms with van der Waals surface area (Å²) in [6.07, 6.45) is 0.613. The molecular weight excluding hydrogens is 292 g/mol. The minimum atomic E-state index is -0.898. The van der Waals surface area contributed by atoms with Gasteiger partial charge in [0.25, 0.3) is 0 Å². The van der Waals surface area contributed by atoms with Gasteiger partial charge in [-0.1, -0.05) is 60.7 Å². The molecule has 0 aromatic heterocycles. The molecule has 0 saturated heterocycles. The smallest absolute Gasteiger partial charge is 0.330 e. The van der Waals surface area contributed by atoms with Gasteiger partial charge in [-0.3, -0.25) is 0 Å². The average Bonchev–Trinajstić information content (AvgIpc) is 2.56. The van der Waals surface area contributed by atoms with Crippen molar-refractivity contribution in [2.75, 3.05) is 0 Å². The van der Waals surface area contributed by atoms with Gasteiger partial charge in [0.1, 0.15) is 12.1 Å². The average molecular weight is 312 g/mol. The van der Waals surface area contributed by atoms with Crippen molar-refractivity contribution in [1.29, 1.82) is 0 Å². The fourth-order valence-corrected chi connectivity index (χ4v) is 2.15. The Kier molecular flexibility index (Phi) is 6.02. The van der Waals surface area contributed by atoms with E-state index in [2.05, 4.69) is 0 Å². The van der Waals surface area contributed by atoms with Crippen LogP contribution in [0, 0.1) is 0 Å². The van der Waals surface area contributed by atoms with E-state index in [0.717, 1.165) is 11.1 Å². The first-order chi connectivity index (χ1) is 11.1. The molecule has 4 N–H and O–H groups in total. The zero-order valence-electron chi connectivity index (χ0n) is 12.7. The topological polar surface area (TPSA) is 95.4 Å². The lowest BCUT2D eigenvalue weighted by Crippen LogP contribution is -2.41. The van der Waals surface area contributed by atoms with Crippen LogP contribution in [0.25, 0.3) is 0 Å². The van der Waals surface area contributed by atoms with Crippen molar-refractivity contribution in [3.63, 3.8) is 0 Å². The third kappa shape index (κ3) is 5.32. The van der Waals surface area contributed by atoms with Gasteiger partial charge in [0.15, 0.2) is 0 Å². The monoisotopic (exact) mass is 312 g/mol. The molecule has 0 spiro atoms. The molecule has 0 amide bonds. The van der Waals surface area contributed by atoms with Gasteiger partial charge in [-0.05, 0) is 24.0 Å². The fourth-order valence-electron chi connectivity index (χ4n) is 2.15. The van der Waals surface area contributed by atoms with Gasteiger partial charge in [0.05, 0.1) is 0 Å². The Morgan fingerprint density at radius 1 is 0.739 bits per heavy atom. The van der Waals surface area contributed by atoms with E-state index in [1.54, 1.807) is 0 Å². The van der Waals surface area contributed by atoms with Gasteiger partial charge < -0.3 is 16.2 Å². The molecule has 2 aromatic rings. The lowest BCUT2D eigenvalue weighted by molar-refractivity contribution is -0.161. The van der Waals surface area contributed by atoms with Crippen LogP contribution in [0.15, 0.2) is 60.7 Å². The molecule has 2 aromatic carbocycles.